The fourth-order valence-electron chi connectivity index (χ4n) is 3.50. The number of piperazine rings is 1. The van der Waals surface area contributed by atoms with E-state index >= 15 is 0 Å². The number of nitrogens with zero attached hydrogens (tertiary/aromatic N) is 2. The van der Waals surface area contributed by atoms with E-state index in [-0.39, 0.29) is 12.1 Å². The van der Waals surface area contributed by atoms with Crippen LogP contribution in [0, 0.1) is 0 Å². The lowest BCUT2D eigenvalue weighted by Crippen LogP contribution is -2.55. The van der Waals surface area contributed by atoms with Crippen LogP contribution in [0.1, 0.15) is 24.4 Å². The monoisotopic (exact) mass is 337 g/mol. The summed E-state index contributed by atoms with van der Waals surface area (Å²) in [5, 5.41) is 3.79. The second-order valence-corrected chi connectivity index (χ2v) is 6.72. The summed E-state index contributed by atoms with van der Waals surface area (Å²) in [6, 6.07) is 7.90. The molecular formula is C17H24ClN3O2. The molecule has 0 aromatic heterocycles. The van der Waals surface area contributed by atoms with Crippen molar-refractivity contribution in [2.45, 2.75) is 24.9 Å². The standard InChI is InChI=1S/C17H24ClN3O2/c1-23-12-16(13-4-6-14(18)7-5-13)19-17(22)21-10-9-20-8-2-3-15(20)11-21/h4-7,15-16H,2-3,8-12H2,1H3,(H,19,22). The lowest BCUT2D eigenvalue weighted by Gasteiger charge is -2.38. The number of halogens is 1. The lowest BCUT2D eigenvalue weighted by molar-refractivity contribution is 0.110. The van der Waals surface area contributed by atoms with Gasteiger partial charge in [-0.05, 0) is 37.1 Å². The van der Waals surface area contributed by atoms with Crippen LogP contribution >= 0.6 is 11.6 Å². The molecule has 2 aliphatic heterocycles. The fourth-order valence-corrected chi connectivity index (χ4v) is 3.62. The van der Waals surface area contributed by atoms with E-state index in [1.807, 2.05) is 29.2 Å². The van der Waals surface area contributed by atoms with Gasteiger partial charge in [0.05, 0.1) is 12.6 Å². The molecule has 2 fully saturated rings. The highest BCUT2D eigenvalue weighted by Crippen LogP contribution is 2.22. The van der Waals surface area contributed by atoms with Gasteiger partial charge in [0.25, 0.3) is 0 Å². The van der Waals surface area contributed by atoms with Crippen molar-refractivity contribution < 1.29 is 9.53 Å². The van der Waals surface area contributed by atoms with Gasteiger partial charge in [0.2, 0.25) is 0 Å². The van der Waals surface area contributed by atoms with Crippen molar-refractivity contribution in [1.82, 2.24) is 15.1 Å². The van der Waals surface area contributed by atoms with E-state index in [4.69, 9.17) is 16.3 Å². The van der Waals surface area contributed by atoms with Crippen LogP contribution in [0.3, 0.4) is 0 Å². The van der Waals surface area contributed by atoms with Crippen LogP contribution in [0.5, 0.6) is 0 Å². The molecule has 126 valence electrons. The number of hydrogen-bond donors (Lipinski definition) is 1. The first kappa shape index (κ1) is 16.6. The number of fused-ring (bicyclic) bond motifs is 1. The van der Waals surface area contributed by atoms with Gasteiger partial charge in [-0.15, -0.1) is 0 Å². The lowest BCUT2D eigenvalue weighted by atomic mass is 10.1. The Hall–Kier alpha value is -1.30. The largest absolute Gasteiger partial charge is 0.382 e. The number of rotatable bonds is 4. The number of carbonyl (C=O) groups is 1. The molecule has 0 aliphatic carbocycles. The van der Waals surface area contributed by atoms with Crippen LogP contribution in [0.2, 0.25) is 5.02 Å². The van der Waals surface area contributed by atoms with E-state index in [2.05, 4.69) is 10.2 Å². The highest BCUT2D eigenvalue weighted by molar-refractivity contribution is 6.30. The molecule has 2 atom stereocenters. The van der Waals surface area contributed by atoms with Crippen molar-refractivity contribution >= 4 is 17.6 Å². The molecule has 3 rings (SSSR count). The van der Waals surface area contributed by atoms with Crippen LogP contribution in [0.25, 0.3) is 0 Å². The summed E-state index contributed by atoms with van der Waals surface area (Å²) in [6.45, 7) is 4.22. The van der Waals surface area contributed by atoms with Crippen LogP contribution < -0.4 is 5.32 Å². The number of urea groups is 1. The van der Waals surface area contributed by atoms with Gasteiger partial charge in [-0.3, -0.25) is 4.90 Å². The molecule has 0 saturated carbocycles. The minimum atomic E-state index is -0.161. The minimum Gasteiger partial charge on any atom is -0.382 e. The SMILES string of the molecule is COCC(NC(=O)N1CCN2CCCC2C1)c1ccc(Cl)cc1. The third kappa shape index (κ3) is 3.97. The zero-order valence-corrected chi connectivity index (χ0v) is 14.3. The average molecular weight is 338 g/mol. The summed E-state index contributed by atoms with van der Waals surface area (Å²) in [4.78, 5) is 17.1. The number of hydrogen-bond acceptors (Lipinski definition) is 3. The third-order valence-corrected chi connectivity index (χ3v) is 5.03. The van der Waals surface area contributed by atoms with E-state index in [0.717, 1.165) is 25.2 Å². The average Bonchev–Trinajstić information content (AvgIpc) is 3.02. The third-order valence-electron chi connectivity index (χ3n) is 4.78. The molecule has 23 heavy (non-hydrogen) atoms. The van der Waals surface area contributed by atoms with Gasteiger partial charge in [-0.2, -0.15) is 0 Å². The number of benzene rings is 1. The molecule has 2 amide bonds. The van der Waals surface area contributed by atoms with Crippen LogP contribution in [-0.4, -0.2) is 61.8 Å². The van der Waals surface area contributed by atoms with Crippen molar-refractivity contribution in [3.05, 3.63) is 34.9 Å². The summed E-state index contributed by atoms with van der Waals surface area (Å²) in [7, 11) is 1.65. The quantitative estimate of drug-likeness (QED) is 0.918. The molecular weight excluding hydrogens is 314 g/mol. The van der Waals surface area contributed by atoms with Crippen LogP contribution in [-0.2, 0) is 4.74 Å². The highest BCUT2D eigenvalue weighted by atomic mass is 35.5. The molecule has 1 N–H and O–H groups in total. The number of methoxy groups -OCH3 is 1. The molecule has 0 radical (unpaired) electrons. The van der Waals surface area contributed by atoms with Gasteiger partial charge in [0.1, 0.15) is 0 Å². The Labute approximate surface area is 142 Å². The molecule has 0 bridgehead atoms. The van der Waals surface area contributed by atoms with Crippen molar-refractivity contribution in [3.63, 3.8) is 0 Å². The summed E-state index contributed by atoms with van der Waals surface area (Å²) in [5.41, 5.74) is 1.00. The second kappa shape index (κ2) is 7.51. The van der Waals surface area contributed by atoms with Crippen molar-refractivity contribution in [2.24, 2.45) is 0 Å². The Morgan fingerprint density at radius 2 is 2.13 bits per heavy atom. The maximum Gasteiger partial charge on any atom is 0.318 e. The van der Waals surface area contributed by atoms with E-state index in [1.54, 1.807) is 7.11 Å². The smallest absolute Gasteiger partial charge is 0.318 e. The Morgan fingerprint density at radius 3 is 2.87 bits per heavy atom. The zero-order valence-electron chi connectivity index (χ0n) is 13.5. The van der Waals surface area contributed by atoms with Gasteiger partial charge in [-0.1, -0.05) is 23.7 Å². The molecule has 2 unspecified atom stereocenters. The number of amides is 2. The topological polar surface area (TPSA) is 44.8 Å². The Morgan fingerprint density at radius 1 is 1.35 bits per heavy atom. The maximum atomic E-state index is 12.6. The van der Waals surface area contributed by atoms with Gasteiger partial charge in [0, 0.05) is 37.8 Å². The highest BCUT2D eigenvalue weighted by Gasteiger charge is 2.33. The van der Waals surface area contributed by atoms with Crippen molar-refractivity contribution in [3.8, 4) is 0 Å². The van der Waals surface area contributed by atoms with Gasteiger partial charge in [-0.25, -0.2) is 4.79 Å². The molecule has 2 heterocycles. The van der Waals surface area contributed by atoms with E-state index < -0.39 is 0 Å². The Bertz CT molecular complexity index is 537. The van der Waals surface area contributed by atoms with E-state index in [0.29, 0.717) is 17.7 Å². The summed E-state index contributed by atoms with van der Waals surface area (Å²) >= 11 is 5.94. The predicted octanol–water partition coefficient (Wildman–Crippen LogP) is 2.52. The number of ether oxygens (including phenoxy) is 1. The number of carbonyl (C=O) groups excluding carboxylic acids is 1. The first-order chi connectivity index (χ1) is 11.2. The van der Waals surface area contributed by atoms with Crippen LogP contribution in [0.15, 0.2) is 24.3 Å². The maximum absolute atomic E-state index is 12.6. The minimum absolute atomic E-state index is 0.00597. The molecule has 5 nitrogen and oxygen atoms in total. The first-order valence-electron chi connectivity index (χ1n) is 8.21. The fraction of sp³-hybridized carbons (Fsp3) is 0.588. The zero-order chi connectivity index (χ0) is 16.2. The molecule has 1 aromatic rings. The normalized spacial score (nSPS) is 22.7. The summed E-state index contributed by atoms with van der Waals surface area (Å²) in [5.74, 6) is 0. The van der Waals surface area contributed by atoms with E-state index in [9.17, 15) is 4.79 Å². The molecule has 2 saturated heterocycles. The number of nitrogens with one attached hydrogen (secondary N) is 1. The summed E-state index contributed by atoms with van der Waals surface area (Å²) in [6.07, 6.45) is 2.44. The predicted molar refractivity (Wildman–Crippen MR) is 90.8 cm³/mol. The second-order valence-electron chi connectivity index (χ2n) is 6.29. The first-order valence-corrected chi connectivity index (χ1v) is 8.59. The Balaban J connectivity index is 1.62. The van der Waals surface area contributed by atoms with Crippen molar-refractivity contribution in [1.29, 1.82) is 0 Å². The van der Waals surface area contributed by atoms with Crippen molar-refractivity contribution in [2.75, 3.05) is 39.9 Å². The van der Waals surface area contributed by atoms with Gasteiger partial charge in [0.15, 0.2) is 0 Å². The summed E-state index contributed by atoms with van der Waals surface area (Å²) < 4.78 is 5.27. The van der Waals surface area contributed by atoms with Gasteiger partial charge < -0.3 is 15.0 Å². The molecule has 6 heteroatoms. The Kier molecular flexibility index (Phi) is 5.41. The molecule has 2 aliphatic rings. The molecule has 1 aromatic carbocycles. The van der Waals surface area contributed by atoms with E-state index in [1.165, 1.54) is 19.4 Å². The van der Waals surface area contributed by atoms with Crippen LogP contribution in [0.4, 0.5) is 4.79 Å². The molecule has 0 spiro atoms. The van der Waals surface area contributed by atoms with Gasteiger partial charge >= 0.3 is 6.03 Å².